The number of rotatable bonds is 3. The van der Waals surface area contributed by atoms with Gasteiger partial charge in [-0.25, -0.2) is 0 Å². The summed E-state index contributed by atoms with van der Waals surface area (Å²) in [6.07, 6.45) is 0.348. The Kier molecular flexibility index (Phi) is 4.15. The predicted molar refractivity (Wildman–Crippen MR) is 87.2 cm³/mol. The number of carboxylic acid groups (broad SMARTS) is 1. The molecule has 1 N–H and O–H groups in total. The largest absolute Gasteiger partial charge is 0.480 e. The molecule has 0 spiro atoms. The van der Waals surface area contributed by atoms with Gasteiger partial charge in [-0.2, -0.15) is 0 Å². The normalized spacial score (nSPS) is 14.4. The van der Waals surface area contributed by atoms with E-state index in [0.717, 1.165) is 16.0 Å². The molecule has 0 saturated heterocycles. The van der Waals surface area contributed by atoms with E-state index in [9.17, 15) is 9.59 Å². The molecule has 0 aromatic heterocycles. The number of carbonyl (C=O) groups is 2. The van der Waals surface area contributed by atoms with Crippen LogP contribution in [0.5, 0.6) is 0 Å². The SMILES string of the molecule is O=C(O)CN1C(=O)CCSc2cccc(-c3ccccc3)c21. The Morgan fingerprint density at radius 3 is 2.64 bits per heavy atom. The number of anilines is 1. The van der Waals surface area contributed by atoms with Crippen molar-refractivity contribution < 1.29 is 14.7 Å². The second-order valence-electron chi connectivity index (χ2n) is 4.99. The standard InChI is InChI=1S/C17H15NO3S/c19-15-9-10-22-14-8-4-7-13(12-5-2-1-3-6-12)17(14)18(15)11-16(20)21/h1-8H,9-11H2,(H,20,21). The highest BCUT2D eigenvalue weighted by molar-refractivity contribution is 7.99. The van der Waals surface area contributed by atoms with Crippen molar-refractivity contribution in [3.05, 3.63) is 48.5 Å². The third-order valence-corrected chi connectivity index (χ3v) is 4.57. The van der Waals surface area contributed by atoms with Crippen LogP contribution in [-0.4, -0.2) is 29.3 Å². The zero-order valence-corrected chi connectivity index (χ0v) is 12.7. The highest BCUT2D eigenvalue weighted by Gasteiger charge is 2.27. The quantitative estimate of drug-likeness (QED) is 0.945. The Labute approximate surface area is 132 Å². The van der Waals surface area contributed by atoms with Crippen molar-refractivity contribution in [3.8, 4) is 11.1 Å². The number of amides is 1. The third kappa shape index (κ3) is 2.85. The molecule has 1 aliphatic rings. The summed E-state index contributed by atoms with van der Waals surface area (Å²) in [5, 5.41) is 9.16. The molecule has 0 bridgehead atoms. The van der Waals surface area contributed by atoms with Gasteiger partial charge in [0.05, 0.1) is 5.69 Å². The maximum Gasteiger partial charge on any atom is 0.323 e. The smallest absolute Gasteiger partial charge is 0.323 e. The van der Waals surface area contributed by atoms with Crippen LogP contribution in [-0.2, 0) is 9.59 Å². The van der Waals surface area contributed by atoms with Gasteiger partial charge in [0.25, 0.3) is 0 Å². The second kappa shape index (κ2) is 6.23. The first-order valence-electron chi connectivity index (χ1n) is 7.00. The summed E-state index contributed by atoms with van der Waals surface area (Å²) >= 11 is 1.60. The molecule has 0 saturated carbocycles. The Hall–Kier alpha value is -2.27. The summed E-state index contributed by atoms with van der Waals surface area (Å²) in [6.45, 7) is -0.309. The molecule has 112 valence electrons. The van der Waals surface area contributed by atoms with Gasteiger partial charge in [-0.05, 0) is 11.6 Å². The van der Waals surface area contributed by atoms with Crippen LogP contribution in [0.4, 0.5) is 5.69 Å². The molecule has 2 aromatic rings. The lowest BCUT2D eigenvalue weighted by atomic mass is 10.0. The molecule has 5 heteroatoms. The second-order valence-corrected chi connectivity index (χ2v) is 6.13. The monoisotopic (exact) mass is 313 g/mol. The van der Waals surface area contributed by atoms with Gasteiger partial charge in [0.1, 0.15) is 6.54 Å². The third-order valence-electron chi connectivity index (χ3n) is 3.52. The van der Waals surface area contributed by atoms with Crippen molar-refractivity contribution >= 4 is 29.3 Å². The van der Waals surface area contributed by atoms with E-state index in [1.54, 1.807) is 11.8 Å². The predicted octanol–water partition coefficient (Wildman–Crippen LogP) is 3.27. The van der Waals surface area contributed by atoms with Gasteiger partial charge in [-0.15, -0.1) is 11.8 Å². The number of hydrogen-bond donors (Lipinski definition) is 1. The molecule has 3 rings (SSSR count). The molecule has 0 atom stereocenters. The average Bonchev–Trinajstić information content (AvgIpc) is 2.67. The molecule has 4 nitrogen and oxygen atoms in total. The van der Waals surface area contributed by atoms with Crippen molar-refractivity contribution in [1.29, 1.82) is 0 Å². The van der Waals surface area contributed by atoms with E-state index < -0.39 is 5.97 Å². The zero-order chi connectivity index (χ0) is 15.5. The molecule has 22 heavy (non-hydrogen) atoms. The van der Waals surface area contributed by atoms with Crippen LogP contribution < -0.4 is 4.90 Å². The van der Waals surface area contributed by atoms with Crippen molar-refractivity contribution in [3.63, 3.8) is 0 Å². The maximum atomic E-state index is 12.3. The van der Waals surface area contributed by atoms with Crippen LogP contribution in [0.1, 0.15) is 6.42 Å². The maximum absolute atomic E-state index is 12.3. The number of fused-ring (bicyclic) bond motifs is 1. The highest BCUT2D eigenvalue weighted by atomic mass is 32.2. The molecule has 0 fully saturated rings. The number of hydrogen-bond acceptors (Lipinski definition) is 3. The van der Waals surface area contributed by atoms with Crippen LogP contribution in [0, 0.1) is 0 Å². The number of nitrogens with zero attached hydrogens (tertiary/aromatic N) is 1. The molecule has 1 heterocycles. The Balaban J connectivity index is 2.18. The molecule has 0 unspecified atom stereocenters. The molecule has 1 amide bonds. The number of para-hydroxylation sites is 1. The molecule has 0 aliphatic carbocycles. The van der Waals surface area contributed by atoms with Crippen molar-refractivity contribution in [2.75, 3.05) is 17.2 Å². The Bertz CT molecular complexity index is 715. The van der Waals surface area contributed by atoms with E-state index in [2.05, 4.69) is 0 Å². The first-order chi connectivity index (χ1) is 10.7. The summed E-state index contributed by atoms with van der Waals surface area (Å²) in [4.78, 5) is 25.9. The first-order valence-corrected chi connectivity index (χ1v) is 7.99. The van der Waals surface area contributed by atoms with Gasteiger partial charge in [0.2, 0.25) is 5.91 Å². The summed E-state index contributed by atoms with van der Waals surface area (Å²) in [7, 11) is 0. The topological polar surface area (TPSA) is 57.6 Å². The number of aliphatic carboxylic acids is 1. The first kappa shape index (κ1) is 14.7. The van der Waals surface area contributed by atoms with E-state index in [-0.39, 0.29) is 12.5 Å². The van der Waals surface area contributed by atoms with E-state index in [1.807, 2.05) is 48.5 Å². The van der Waals surface area contributed by atoms with Gasteiger partial charge >= 0.3 is 5.97 Å². The van der Waals surface area contributed by atoms with Crippen LogP contribution in [0.2, 0.25) is 0 Å². The molecule has 0 radical (unpaired) electrons. The minimum absolute atomic E-state index is 0.142. The molecule has 2 aromatic carbocycles. The van der Waals surface area contributed by atoms with Gasteiger partial charge < -0.3 is 5.11 Å². The van der Waals surface area contributed by atoms with E-state index in [4.69, 9.17) is 5.11 Å². The Morgan fingerprint density at radius 1 is 1.14 bits per heavy atom. The number of benzene rings is 2. The summed E-state index contributed by atoms with van der Waals surface area (Å²) in [5.41, 5.74) is 2.58. The van der Waals surface area contributed by atoms with Gasteiger partial charge in [0.15, 0.2) is 0 Å². The van der Waals surface area contributed by atoms with E-state index in [0.29, 0.717) is 17.9 Å². The Morgan fingerprint density at radius 2 is 1.91 bits per heavy atom. The summed E-state index contributed by atoms with van der Waals surface area (Å²) in [5.74, 6) is -0.480. The molecule has 1 aliphatic heterocycles. The van der Waals surface area contributed by atoms with Gasteiger partial charge in [-0.1, -0.05) is 42.5 Å². The van der Waals surface area contributed by atoms with Crippen LogP contribution >= 0.6 is 11.8 Å². The number of thioether (sulfide) groups is 1. The fraction of sp³-hybridized carbons (Fsp3) is 0.176. The fourth-order valence-corrected chi connectivity index (χ4v) is 3.61. The van der Waals surface area contributed by atoms with Gasteiger partial charge in [-0.3, -0.25) is 14.5 Å². The molecular weight excluding hydrogens is 298 g/mol. The average molecular weight is 313 g/mol. The van der Waals surface area contributed by atoms with Crippen molar-refractivity contribution in [1.82, 2.24) is 0 Å². The minimum Gasteiger partial charge on any atom is -0.480 e. The van der Waals surface area contributed by atoms with E-state index >= 15 is 0 Å². The summed E-state index contributed by atoms with van der Waals surface area (Å²) in [6, 6.07) is 15.6. The lowest BCUT2D eigenvalue weighted by molar-refractivity contribution is -0.136. The van der Waals surface area contributed by atoms with Crippen molar-refractivity contribution in [2.24, 2.45) is 0 Å². The lowest BCUT2D eigenvalue weighted by Gasteiger charge is -2.24. The number of carboxylic acids is 1. The highest BCUT2D eigenvalue weighted by Crippen LogP contribution is 2.41. The van der Waals surface area contributed by atoms with Crippen LogP contribution in [0.15, 0.2) is 53.4 Å². The summed E-state index contributed by atoms with van der Waals surface area (Å²) < 4.78 is 0. The van der Waals surface area contributed by atoms with Crippen molar-refractivity contribution in [2.45, 2.75) is 11.3 Å². The zero-order valence-electron chi connectivity index (χ0n) is 11.9. The minimum atomic E-state index is -1.01. The van der Waals surface area contributed by atoms with Crippen LogP contribution in [0.3, 0.4) is 0 Å². The van der Waals surface area contributed by atoms with E-state index in [1.165, 1.54) is 4.90 Å². The number of carbonyl (C=O) groups excluding carboxylic acids is 1. The van der Waals surface area contributed by atoms with Crippen LogP contribution in [0.25, 0.3) is 11.1 Å². The molecular formula is C17H15NO3S. The lowest BCUT2D eigenvalue weighted by Crippen LogP contribution is -2.35. The fourth-order valence-electron chi connectivity index (χ4n) is 2.58. The van der Waals surface area contributed by atoms with Gasteiger partial charge in [0, 0.05) is 22.6 Å².